The van der Waals surface area contributed by atoms with Gasteiger partial charge in [0.05, 0.1) is 19.8 Å². The van der Waals surface area contributed by atoms with Crippen molar-refractivity contribution in [1.29, 1.82) is 0 Å². The molecule has 28 heavy (non-hydrogen) atoms. The molecule has 1 N–H and O–H groups in total. The summed E-state index contributed by atoms with van der Waals surface area (Å²) >= 11 is 5.90. The van der Waals surface area contributed by atoms with E-state index in [0.717, 1.165) is 37.6 Å². The molecule has 0 unspecified atom stereocenters. The number of nitrogens with zero attached hydrogens (tertiary/aromatic N) is 2. The molecule has 1 amide bonds. The van der Waals surface area contributed by atoms with E-state index in [4.69, 9.17) is 20.9 Å². The SMILES string of the molecule is O=C(NCc1cc(-c2ccc(Cl)cc2)no1)c1ccc(N2CCOCC2)cc1. The number of amides is 1. The summed E-state index contributed by atoms with van der Waals surface area (Å²) in [6.45, 7) is 3.47. The summed E-state index contributed by atoms with van der Waals surface area (Å²) < 4.78 is 10.7. The quantitative estimate of drug-likeness (QED) is 0.710. The van der Waals surface area contributed by atoms with E-state index >= 15 is 0 Å². The van der Waals surface area contributed by atoms with Gasteiger partial charge in [-0.25, -0.2) is 0 Å². The third kappa shape index (κ3) is 4.35. The molecule has 2 heterocycles. The van der Waals surface area contributed by atoms with Gasteiger partial charge >= 0.3 is 0 Å². The monoisotopic (exact) mass is 397 g/mol. The van der Waals surface area contributed by atoms with Crippen molar-refractivity contribution in [2.75, 3.05) is 31.2 Å². The summed E-state index contributed by atoms with van der Waals surface area (Å²) in [4.78, 5) is 14.6. The van der Waals surface area contributed by atoms with E-state index < -0.39 is 0 Å². The smallest absolute Gasteiger partial charge is 0.251 e. The van der Waals surface area contributed by atoms with Crippen LogP contribution >= 0.6 is 11.6 Å². The Balaban J connectivity index is 1.34. The summed E-state index contributed by atoms with van der Waals surface area (Å²) in [6.07, 6.45) is 0. The Morgan fingerprint density at radius 3 is 2.50 bits per heavy atom. The molecular formula is C21H20ClN3O3. The maximum Gasteiger partial charge on any atom is 0.251 e. The third-order valence-electron chi connectivity index (χ3n) is 4.63. The molecule has 0 saturated carbocycles. The first-order chi connectivity index (χ1) is 13.7. The Labute approximate surface area is 168 Å². The van der Waals surface area contributed by atoms with E-state index in [1.165, 1.54) is 0 Å². The molecule has 0 bridgehead atoms. The first-order valence-corrected chi connectivity index (χ1v) is 9.49. The molecule has 144 valence electrons. The Bertz CT molecular complexity index is 932. The zero-order valence-electron chi connectivity index (χ0n) is 15.2. The van der Waals surface area contributed by atoms with Crippen LogP contribution in [0.4, 0.5) is 5.69 Å². The highest BCUT2D eigenvalue weighted by atomic mass is 35.5. The number of benzene rings is 2. The van der Waals surface area contributed by atoms with E-state index in [2.05, 4.69) is 15.4 Å². The Morgan fingerprint density at radius 2 is 1.79 bits per heavy atom. The van der Waals surface area contributed by atoms with Crippen LogP contribution < -0.4 is 10.2 Å². The maximum absolute atomic E-state index is 12.4. The molecule has 1 aromatic heterocycles. The van der Waals surface area contributed by atoms with Crippen molar-refractivity contribution in [3.63, 3.8) is 0 Å². The van der Waals surface area contributed by atoms with Crippen molar-refractivity contribution in [3.05, 3.63) is 70.9 Å². The number of rotatable bonds is 5. The Kier molecular flexibility index (Phi) is 5.60. The third-order valence-corrected chi connectivity index (χ3v) is 4.88. The van der Waals surface area contributed by atoms with Gasteiger partial charge in [-0.2, -0.15) is 0 Å². The average molecular weight is 398 g/mol. The van der Waals surface area contributed by atoms with E-state index in [9.17, 15) is 4.79 Å². The highest BCUT2D eigenvalue weighted by Gasteiger charge is 2.13. The lowest BCUT2D eigenvalue weighted by Gasteiger charge is -2.28. The van der Waals surface area contributed by atoms with E-state index in [-0.39, 0.29) is 12.5 Å². The lowest BCUT2D eigenvalue weighted by atomic mass is 10.1. The largest absolute Gasteiger partial charge is 0.378 e. The van der Waals surface area contributed by atoms with Crippen molar-refractivity contribution in [1.82, 2.24) is 10.5 Å². The number of nitrogens with one attached hydrogen (secondary N) is 1. The fourth-order valence-electron chi connectivity index (χ4n) is 3.07. The van der Waals surface area contributed by atoms with Gasteiger partial charge in [0.25, 0.3) is 5.91 Å². The summed E-state index contributed by atoms with van der Waals surface area (Å²) in [7, 11) is 0. The summed E-state index contributed by atoms with van der Waals surface area (Å²) in [5, 5.41) is 7.57. The molecule has 1 aliphatic heterocycles. The molecule has 7 heteroatoms. The molecule has 1 aliphatic rings. The van der Waals surface area contributed by atoms with Crippen molar-refractivity contribution in [2.45, 2.75) is 6.54 Å². The first kappa shape index (κ1) is 18.5. The number of hydrogen-bond donors (Lipinski definition) is 1. The number of ether oxygens (including phenoxy) is 1. The number of morpholine rings is 1. The Hall–Kier alpha value is -2.83. The van der Waals surface area contributed by atoms with Crippen LogP contribution in [0.15, 0.2) is 59.1 Å². The van der Waals surface area contributed by atoms with Crippen molar-refractivity contribution >= 4 is 23.2 Å². The van der Waals surface area contributed by atoms with Crippen LogP contribution in [0.25, 0.3) is 11.3 Å². The van der Waals surface area contributed by atoms with Gasteiger partial charge < -0.3 is 19.5 Å². The van der Waals surface area contributed by atoms with Crippen LogP contribution in [0, 0.1) is 0 Å². The zero-order chi connectivity index (χ0) is 19.3. The summed E-state index contributed by atoms with van der Waals surface area (Å²) in [5.41, 5.74) is 3.32. The predicted molar refractivity (Wildman–Crippen MR) is 108 cm³/mol. The average Bonchev–Trinajstić information content (AvgIpc) is 3.22. The number of hydrogen-bond acceptors (Lipinski definition) is 5. The number of halogens is 1. The van der Waals surface area contributed by atoms with Gasteiger partial charge in [-0.3, -0.25) is 4.79 Å². The lowest BCUT2D eigenvalue weighted by molar-refractivity contribution is 0.0947. The second-order valence-electron chi connectivity index (χ2n) is 6.51. The minimum Gasteiger partial charge on any atom is -0.378 e. The number of anilines is 1. The summed E-state index contributed by atoms with van der Waals surface area (Å²) in [5.74, 6) is 0.432. The Morgan fingerprint density at radius 1 is 1.07 bits per heavy atom. The summed E-state index contributed by atoms with van der Waals surface area (Å²) in [6, 6.07) is 16.8. The van der Waals surface area contributed by atoms with Gasteiger partial charge in [0.2, 0.25) is 0 Å². The number of carbonyl (C=O) groups excluding carboxylic acids is 1. The molecule has 2 aromatic carbocycles. The maximum atomic E-state index is 12.4. The first-order valence-electron chi connectivity index (χ1n) is 9.11. The minimum absolute atomic E-state index is 0.155. The van der Waals surface area contributed by atoms with Crippen LogP contribution in [0.3, 0.4) is 0 Å². The highest BCUT2D eigenvalue weighted by molar-refractivity contribution is 6.30. The molecule has 0 radical (unpaired) electrons. The lowest BCUT2D eigenvalue weighted by Crippen LogP contribution is -2.36. The van der Waals surface area contributed by atoms with Gasteiger partial charge in [-0.1, -0.05) is 28.9 Å². The predicted octanol–water partition coefficient (Wildman–Crippen LogP) is 3.76. The molecule has 1 saturated heterocycles. The zero-order valence-corrected chi connectivity index (χ0v) is 16.0. The van der Waals surface area contributed by atoms with Crippen molar-refractivity contribution in [3.8, 4) is 11.3 Å². The van der Waals surface area contributed by atoms with Gasteiger partial charge in [-0.05, 0) is 36.4 Å². The number of carbonyl (C=O) groups is 1. The number of aromatic nitrogens is 1. The fraction of sp³-hybridized carbons (Fsp3) is 0.238. The molecule has 0 atom stereocenters. The van der Waals surface area contributed by atoms with E-state index in [1.807, 2.05) is 42.5 Å². The van der Waals surface area contributed by atoms with Crippen LogP contribution in [0.1, 0.15) is 16.1 Å². The van der Waals surface area contributed by atoms with E-state index in [1.54, 1.807) is 12.1 Å². The molecule has 0 aliphatic carbocycles. The topological polar surface area (TPSA) is 67.6 Å². The highest BCUT2D eigenvalue weighted by Crippen LogP contribution is 2.21. The second kappa shape index (κ2) is 8.46. The second-order valence-corrected chi connectivity index (χ2v) is 6.95. The van der Waals surface area contributed by atoms with Crippen molar-refractivity contribution < 1.29 is 14.1 Å². The molecule has 6 nitrogen and oxygen atoms in total. The minimum atomic E-state index is -0.155. The standard InChI is InChI=1S/C21H20ClN3O3/c22-17-5-1-15(2-6-17)20-13-19(28-24-20)14-23-21(26)16-3-7-18(8-4-16)25-9-11-27-12-10-25/h1-8,13H,9-12,14H2,(H,23,26). The van der Waals surface area contributed by atoms with Gasteiger partial charge in [0.1, 0.15) is 5.69 Å². The fourth-order valence-corrected chi connectivity index (χ4v) is 3.19. The molecule has 1 fully saturated rings. The molecule has 0 spiro atoms. The van der Waals surface area contributed by atoms with Crippen molar-refractivity contribution in [2.24, 2.45) is 0 Å². The molecular weight excluding hydrogens is 378 g/mol. The van der Waals surface area contributed by atoms with Gasteiger partial charge in [-0.15, -0.1) is 0 Å². The molecule has 4 rings (SSSR count). The molecule has 3 aromatic rings. The van der Waals surface area contributed by atoms with Crippen LogP contribution in [0.2, 0.25) is 5.02 Å². The van der Waals surface area contributed by atoms with Crippen LogP contribution in [-0.2, 0) is 11.3 Å². The van der Waals surface area contributed by atoms with Gasteiger partial charge in [0.15, 0.2) is 5.76 Å². The van der Waals surface area contributed by atoms with Crippen LogP contribution in [0.5, 0.6) is 0 Å². The van der Waals surface area contributed by atoms with E-state index in [0.29, 0.717) is 22.0 Å². The van der Waals surface area contributed by atoms with Crippen LogP contribution in [-0.4, -0.2) is 37.4 Å². The van der Waals surface area contributed by atoms with Gasteiger partial charge in [0, 0.05) is 41.0 Å². The normalized spacial score (nSPS) is 14.1.